The van der Waals surface area contributed by atoms with Crippen LogP contribution in [0.3, 0.4) is 0 Å². The molecule has 1 N–H and O–H groups in total. The number of hydrogen-bond donors (Lipinski definition) is 1. The van der Waals surface area contributed by atoms with Gasteiger partial charge in [0, 0.05) is 31.0 Å². The minimum atomic E-state index is 0.633. The fraction of sp³-hybridized carbons (Fsp3) is 0.455. The van der Waals surface area contributed by atoms with E-state index in [1.807, 2.05) is 13.0 Å². The zero-order valence-corrected chi connectivity index (χ0v) is 8.45. The molecular weight excluding hydrogens is 174 g/mol. The molecule has 1 aliphatic heterocycles. The number of aromatic nitrogens is 1. The maximum absolute atomic E-state index is 8.05. The van der Waals surface area contributed by atoms with E-state index in [1.54, 1.807) is 12.4 Å². The van der Waals surface area contributed by atoms with E-state index < -0.39 is 0 Å². The first kappa shape index (κ1) is 9.19. The van der Waals surface area contributed by atoms with Gasteiger partial charge < -0.3 is 4.90 Å². The standard InChI is InChI=1S/C11H15N3/c1-9-4-5-13-8-10(9)11(12)14-6-2-3-7-14/h4-5,8,12H,2-3,6-7H2,1H3. The van der Waals surface area contributed by atoms with Crippen LogP contribution in [0.5, 0.6) is 0 Å². The predicted molar refractivity (Wildman–Crippen MR) is 56.6 cm³/mol. The molecule has 1 saturated heterocycles. The average molecular weight is 189 g/mol. The van der Waals surface area contributed by atoms with E-state index in [2.05, 4.69) is 9.88 Å². The fourth-order valence-corrected chi connectivity index (χ4v) is 1.82. The van der Waals surface area contributed by atoms with Crippen molar-refractivity contribution in [2.45, 2.75) is 19.8 Å². The van der Waals surface area contributed by atoms with Crippen LogP contribution in [0.2, 0.25) is 0 Å². The second-order valence-corrected chi connectivity index (χ2v) is 3.73. The molecule has 74 valence electrons. The van der Waals surface area contributed by atoms with E-state index in [-0.39, 0.29) is 0 Å². The molecule has 1 aliphatic rings. The number of aryl methyl sites for hydroxylation is 1. The van der Waals surface area contributed by atoms with Crippen molar-refractivity contribution in [3.8, 4) is 0 Å². The molecule has 2 heterocycles. The van der Waals surface area contributed by atoms with E-state index in [4.69, 9.17) is 5.41 Å². The smallest absolute Gasteiger partial charge is 0.129 e. The Bertz CT molecular complexity index is 340. The van der Waals surface area contributed by atoms with Gasteiger partial charge in [-0.15, -0.1) is 0 Å². The molecule has 0 aliphatic carbocycles. The Morgan fingerprint density at radius 2 is 2.14 bits per heavy atom. The summed E-state index contributed by atoms with van der Waals surface area (Å²) >= 11 is 0. The van der Waals surface area contributed by atoms with Crippen LogP contribution >= 0.6 is 0 Å². The fourth-order valence-electron chi connectivity index (χ4n) is 1.82. The minimum absolute atomic E-state index is 0.633. The maximum atomic E-state index is 8.05. The van der Waals surface area contributed by atoms with Gasteiger partial charge in [-0.3, -0.25) is 10.4 Å². The van der Waals surface area contributed by atoms with Crippen LogP contribution in [0, 0.1) is 12.3 Å². The molecule has 0 amide bonds. The van der Waals surface area contributed by atoms with Gasteiger partial charge in [0.25, 0.3) is 0 Å². The van der Waals surface area contributed by atoms with Gasteiger partial charge in [0.05, 0.1) is 0 Å². The summed E-state index contributed by atoms with van der Waals surface area (Å²) in [5, 5.41) is 8.05. The van der Waals surface area contributed by atoms with Gasteiger partial charge in [-0.1, -0.05) is 0 Å². The monoisotopic (exact) mass is 189 g/mol. The maximum Gasteiger partial charge on any atom is 0.129 e. The van der Waals surface area contributed by atoms with Gasteiger partial charge in [0.15, 0.2) is 0 Å². The summed E-state index contributed by atoms with van der Waals surface area (Å²) in [7, 11) is 0. The molecule has 14 heavy (non-hydrogen) atoms. The van der Waals surface area contributed by atoms with Crippen molar-refractivity contribution in [3.05, 3.63) is 29.6 Å². The van der Waals surface area contributed by atoms with Crippen LogP contribution in [0.25, 0.3) is 0 Å². The molecule has 0 spiro atoms. The van der Waals surface area contributed by atoms with Crippen LogP contribution in [0.1, 0.15) is 24.0 Å². The molecule has 0 saturated carbocycles. The molecule has 0 radical (unpaired) electrons. The molecule has 0 aromatic carbocycles. The van der Waals surface area contributed by atoms with Crippen molar-refractivity contribution in [2.75, 3.05) is 13.1 Å². The molecule has 0 bridgehead atoms. The van der Waals surface area contributed by atoms with Crippen LogP contribution < -0.4 is 0 Å². The third-order valence-electron chi connectivity index (χ3n) is 2.72. The Morgan fingerprint density at radius 1 is 1.43 bits per heavy atom. The Hall–Kier alpha value is -1.38. The third kappa shape index (κ3) is 1.62. The number of amidine groups is 1. The minimum Gasteiger partial charge on any atom is -0.357 e. The first-order valence-electron chi connectivity index (χ1n) is 5.03. The zero-order valence-electron chi connectivity index (χ0n) is 8.45. The highest BCUT2D eigenvalue weighted by molar-refractivity contribution is 5.97. The molecule has 3 heteroatoms. The summed E-state index contributed by atoms with van der Waals surface area (Å²) in [6.45, 7) is 4.07. The summed E-state index contributed by atoms with van der Waals surface area (Å²) in [5.41, 5.74) is 2.10. The van der Waals surface area contributed by atoms with Crippen molar-refractivity contribution in [1.29, 1.82) is 5.41 Å². The first-order valence-corrected chi connectivity index (χ1v) is 5.03. The highest BCUT2D eigenvalue weighted by Crippen LogP contribution is 2.14. The van der Waals surface area contributed by atoms with Crippen molar-refractivity contribution in [1.82, 2.24) is 9.88 Å². The number of rotatable bonds is 1. The number of pyridine rings is 1. The molecule has 3 nitrogen and oxygen atoms in total. The summed E-state index contributed by atoms with van der Waals surface area (Å²) in [6, 6.07) is 1.96. The summed E-state index contributed by atoms with van der Waals surface area (Å²) in [5.74, 6) is 0.633. The van der Waals surface area contributed by atoms with Crippen molar-refractivity contribution in [2.24, 2.45) is 0 Å². The van der Waals surface area contributed by atoms with Gasteiger partial charge in [-0.05, 0) is 31.4 Å². The second-order valence-electron chi connectivity index (χ2n) is 3.73. The Balaban J connectivity index is 2.22. The lowest BCUT2D eigenvalue weighted by molar-refractivity contribution is 0.516. The van der Waals surface area contributed by atoms with Gasteiger partial charge in [0.2, 0.25) is 0 Å². The topological polar surface area (TPSA) is 40.0 Å². The van der Waals surface area contributed by atoms with E-state index in [9.17, 15) is 0 Å². The molecule has 1 aromatic heterocycles. The molecule has 1 aromatic rings. The zero-order chi connectivity index (χ0) is 9.97. The Labute approximate surface area is 84.3 Å². The number of hydrogen-bond acceptors (Lipinski definition) is 2. The lowest BCUT2D eigenvalue weighted by atomic mass is 10.1. The molecule has 0 unspecified atom stereocenters. The van der Waals surface area contributed by atoms with Crippen molar-refractivity contribution in [3.63, 3.8) is 0 Å². The van der Waals surface area contributed by atoms with Crippen LogP contribution in [0.4, 0.5) is 0 Å². The van der Waals surface area contributed by atoms with E-state index in [1.165, 1.54) is 12.8 Å². The van der Waals surface area contributed by atoms with Gasteiger partial charge in [0.1, 0.15) is 5.84 Å². The van der Waals surface area contributed by atoms with Gasteiger partial charge in [-0.2, -0.15) is 0 Å². The lowest BCUT2D eigenvalue weighted by Gasteiger charge is -2.19. The molecule has 1 fully saturated rings. The quantitative estimate of drug-likeness (QED) is 0.540. The normalized spacial score (nSPS) is 15.9. The summed E-state index contributed by atoms with van der Waals surface area (Å²) in [6.07, 6.45) is 5.98. The van der Waals surface area contributed by atoms with Gasteiger partial charge in [-0.25, -0.2) is 0 Å². The Kier molecular flexibility index (Phi) is 2.48. The van der Waals surface area contributed by atoms with E-state index in [0.717, 1.165) is 24.2 Å². The first-order chi connectivity index (χ1) is 6.79. The number of nitrogens with one attached hydrogen (secondary N) is 1. The molecular formula is C11H15N3. The Morgan fingerprint density at radius 3 is 2.79 bits per heavy atom. The highest BCUT2D eigenvalue weighted by Gasteiger charge is 2.17. The molecule has 2 rings (SSSR count). The van der Waals surface area contributed by atoms with Crippen molar-refractivity contribution >= 4 is 5.84 Å². The SMILES string of the molecule is Cc1ccncc1C(=N)N1CCCC1. The van der Waals surface area contributed by atoms with Crippen LogP contribution in [-0.4, -0.2) is 28.8 Å². The van der Waals surface area contributed by atoms with Crippen LogP contribution in [0.15, 0.2) is 18.5 Å². The van der Waals surface area contributed by atoms with Crippen LogP contribution in [-0.2, 0) is 0 Å². The predicted octanol–water partition coefficient (Wildman–Crippen LogP) is 1.81. The summed E-state index contributed by atoms with van der Waals surface area (Å²) < 4.78 is 0. The van der Waals surface area contributed by atoms with E-state index in [0.29, 0.717) is 5.84 Å². The average Bonchev–Trinajstić information content (AvgIpc) is 2.70. The lowest BCUT2D eigenvalue weighted by Crippen LogP contribution is -2.28. The van der Waals surface area contributed by atoms with Gasteiger partial charge >= 0.3 is 0 Å². The number of likely N-dealkylation sites (tertiary alicyclic amines) is 1. The number of nitrogens with zero attached hydrogens (tertiary/aromatic N) is 2. The van der Waals surface area contributed by atoms with Crippen molar-refractivity contribution < 1.29 is 0 Å². The highest BCUT2D eigenvalue weighted by atomic mass is 15.2. The molecule has 0 atom stereocenters. The second kappa shape index (κ2) is 3.78. The third-order valence-corrected chi connectivity index (χ3v) is 2.72. The van der Waals surface area contributed by atoms with E-state index >= 15 is 0 Å². The summed E-state index contributed by atoms with van der Waals surface area (Å²) in [4.78, 5) is 6.20. The largest absolute Gasteiger partial charge is 0.357 e.